The molecule has 2 bridgehead atoms. The predicted molar refractivity (Wildman–Crippen MR) is 126 cm³/mol. The minimum atomic E-state index is -1.82. The molecular weight excluding hydrogens is 494 g/mol. The Morgan fingerprint density at radius 1 is 1.11 bits per heavy atom. The fourth-order valence-electron chi connectivity index (χ4n) is 4.80. The van der Waals surface area contributed by atoms with E-state index in [1.165, 1.54) is 17.7 Å². The fourth-order valence-corrected chi connectivity index (χ4v) is 4.80. The van der Waals surface area contributed by atoms with Crippen molar-refractivity contribution in [3.63, 3.8) is 0 Å². The number of hydrogen-bond donors (Lipinski definition) is 2. The van der Waals surface area contributed by atoms with Crippen molar-refractivity contribution >= 4 is 11.9 Å². The Morgan fingerprint density at radius 2 is 1.70 bits per heavy atom. The standard InChI is InChI=1S/C22H28F2N4O3.C2H2O4/c1-14-25-21(29)28(22(30)26(14)2)12-16(23)11-27-17-7-8-18(27)10-19(9-17)31-13-15-5-3-4-6-20(15)24;3-1(4)2(5)6/h3-6,16-19H,7-13H2,1-2H3;(H,3,4)(H,5,6). The first-order valence-corrected chi connectivity index (χ1v) is 11.8. The molecule has 1 aromatic heterocycles. The number of carbonyl (C=O) groups is 2. The maximum atomic E-state index is 14.9. The van der Waals surface area contributed by atoms with Crippen molar-refractivity contribution in [2.45, 2.75) is 70.1 Å². The Bertz CT molecular complexity index is 1220. The lowest BCUT2D eigenvalue weighted by atomic mass is 9.99. The molecule has 3 atom stereocenters. The second-order valence-electron chi connectivity index (χ2n) is 9.18. The smallest absolute Gasteiger partial charge is 0.414 e. The number of hydrogen-bond acceptors (Lipinski definition) is 7. The SMILES string of the molecule is Cc1nc(=O)n(CC(F)CN2C3CCC2CC(OCc2ccccc2F)C3)c(=O)n1C.O=C(O)C(=O)O. The summed E-state index contributed by atoms with van der Waals surface area (Å²) in [5.74, 6) is -3.61. The topological polar surface area (TPSA) is 144 Å². The number of piperidine rings is 1. The number of benzene rings is 1. The molecule has 2 fully saturated rings. The average molecular weight is 525 g/mol. The number of fused-ring (bicyclic) bond motifs is 2. The van der Waals surface area contributed by atoms with Crippen LogP contribution in [0.15, 0.2) is 33.9 Å². The lowest BCUT2D eigenvalue weighted by Crippen LogP contribution is -2.50. The second-order valence-corrected chi connectivity index (χ2v) is 9.18. The van der Waals surface area contributed by atoms with Gasteiger partial charge in [-0.3, -0.25) is 9.47 Å². The first-order valence-electron chi connectivity index (χ1n) is 11.8. The van der Waals surface area contributed by atoms with Crippen LogP contribution in [0.25, 0.3) is 0 Å². The van der Waals surface area contributed by atoms with Crippen molar-refractivity contribution < 1.29 is 33.3 Å². The minimum Gasteiger partial charge on any atom is -0.473 e. The van der Waals surface area contributed by atoms with Gasteiger partial charge in [-0.25, -0.2) is 32.5 Å². The van der Waals surface area contributed by atoms with Crippen LogP contribution in [0.2, 0.25) is 0 Å². The van der Waals surface area contributed by atoms with E-state index in [1.54, 1.807) is 25.1 Å². The minimum absolute atomic E-state index is 0.0163. The molecule has 0 saturated carbocycles. The lowest BCUT2D eigenvalue weighted by molar-refractivity contribution is -0.159. The summed E-state index contributed by atoms with van der Waals surface area (Å²) in [7, 11) is 1.51. The highest BCUT2D eigenvalue weighted by atomic mass is 19.1. The maximum absolute atomic E-state index is 14.9. The van der Waals surface area contributed by atoms with E-state index in [0.717, 1.165) is 30.3 Å². The molecule has 0 aliphatic carbocycles. The Balaban J connectivity index is 0.000000568. The van der Waals surface area contributed by atoms with Crippen LogP contribution in [0.3, 0.4) is 0 Å². The highest BCUT2D eigenvalue weighted by molar-refractivity contribution is 6.27. The Labute approximate surface area is 210 Å². The first-order chi connectivity index (χ1) is 17.5. The number of rotatable bonds is 7. The third-order valence-electron chi connectivity index (χ3n) is 6.74. The van der Waals surface area contributed by atoms with E-state index in [4.69, 9.17) is 24.5 Å². The molecule has 0 radical (unpaired) electrons. The molecule has 2 aromatic rings. The Kier molecular flexibility index (Phi) is 9.27. The number of ether oxygens (including phenoxy) is 1. The van der Waals surface area contributed by atoms with E-state index in [0.29, 0.717) is 11.4 Å². The van der Waals surface area contributed by atoms with Gasteiger partial charge in [0.15, 0.2) is 0 Å². The van der Waals surface area contributed by atoms with Gasteiger partial charge >= 0.3 is 23.3 Å². The van der Waals surface area contributed by atoms with Gasteiger partial charge in [0.05, 0.1) is 19.3 Å². The van der Waals surface area contributed by atoms with Crippen LogP contribution in [0.4, 0.5) is 8.78 Å². The van der Waals surface area contributed by atoms with E-state index in [-0.39, 0.29) is 43.7 Å². The summed E-state index contributed by atoms with van der Waals surface area (Å²) in [6.45, 7) is 1.66. The molecule has 2 aliphatic rings. The van der Waals surface area contributed by atoms with Crippen molar-refractivity contribution in [2.24, 2.45) is 7.05 Å². The lowest BCUT2D eigenvalue weighted by Gasteiger charge is -2.39. The van der Waals surface area contributed by atoms with E-state index in [1.807, 2.05) is 0 Å². The highest BCUT2D eigenvalue weighted by Gasteiger charge is 2.42. The summed E-state index contributed by atoms with van der Waals surface area (Å²) < 4.78 is 36.8. The van der Waals surface area contributed by atoms with Crippen LogP contribution in [0.1, 0.15) is 37.1 Å². The van der Waals surface area contributed by atoms with Gasteiger partial charge in [-0.15, -0.1) is 0 Å². The zero-order valence-electron chi connectivity index (χ0n) is 20.5. The second kappa shape index (κ2) is 12.2. The molecule has 0 amide bonds. The van der Waals surface area contributed by atoms with E-state index in [2.05, 4.69) is 9.88 Å². The van der Waals surface area contributed by atoms with Crippen molar-refractivity contribution in [1.82, 2.24) is 19.0 Å². The van der Waals surface area contributed by atoms with Crippen LogP contribution < -0.4 is 11.4 Å². The number of aryl methyl sites for hydroxylation is 1. The van der Waals surface area contributed by atoms with E-state index >= 15 is 0 Å². The van der Waals surface area contributed by atoms with Gasteiger partial charge in [-0.1, -0.05) is 18.2 Å². The third kappa shape index (κ3) is 7.07. The normalized spacial score (nSPS) is 21.7. The largest absolute Gasteiger partial charge is 0.473 e. The highest BCUT2D eigenvalue weighted by Crippen LogP contribution is 2.37. The van der Waals surface area contributed by atoms with Crippen LogP contribution in [0.5, 0.6) is 0 Å². The quantitative estimate of drug-likeness (QED) is 0.509. The average Bonchev–Trinajstić information content (AvgIpc) is 3.07. The van der Waals surface area contributed by atoms with Crippen LogP contribution in [-0.2, 0) is 34.5 Å². The Morgan fingerprint density at radius 3 is 2.27 bits per heavy atom. The van der Waals surface area contributed by atoms with Gasteiger partial charge in [0, 0.05) is 31.2 Å². The summed E-state index contributed by atoms with van der Waals surface area (Å²) in [6, 6.07) is 6.98. The van der Waals surface area contributed by atoms with Crippen molar-refractivity contribution in [3.8, 4) is 0 Å². The summed E-state index contributed by atoms with van der Waals surface area (Å²) in [5, 5.41) is 14.8. The maximum Gasteiger partial charge on any atom is 0.414 e. The van der Waals surface area contributed by atoms with Gasteiger partial charge in [-0.2, -0.15) is 4.98 Å². The number of carboxylic acid groups (broad SMARTS) is 2. The molecule has 0 spiro atoms. The van der Waals surface area contributed by atoms with Crippen LogP contribution >= 0.6 is 0 Å². The molecule has 37 heavy (non-hydrogen) atoms. The molecule has 4 rings (SSSR count). The molecule has 202 valence electrons. The summed E-state index contributed by atoms with van der Waals surface area (Å²) in [5.41, 5.74) is -0.727. The van der Waals surface area contributed by atoms with E-state index < -0.39 is 29.5 Å². The van der Waals surface area contributed by atoms with Gasteiger partial charge < -0.3 is 14.9 Å². The van der Waals surface area contributed by atoms with Gasteiger partial charge in [-0.05, 0) is 38.7 Å². The molecule has 2 N–H and O–H groups in total. The number of aromatic nitrogens is 3. The summed E-state index contributed by atoms with van der Waals surface area (Å²) in [4.78, 5) is 48.5. The van der Waals surface area contributed by atoms with Crippen LogP contribution in [0, 0.1) is 12.7 Å². The van der Waals surface area contributed by atoms with Crippen molar-refractivity contribution in [2.75, 3.05) is 6.54 Å². The molecule has 3 heterocycles. The molecule has 2 saturated heterocycles. The third-order valence-corrected chi connectivity index (χ3v) is 6.74. The molecule has 13 heteroatoms. The zero-order valence-corrected chi connectivity index (χ0v) is 20.5. The monoisotopic (exact) mass is 524 g/mol. The zero-order chi connectivity index (χ0) is 27.3. The molecule has 3 unspecified atom stereocenters. The van der Waals surface area contributed by atoms with Gasteiger partial charge in [0.25, 0.3) is 0 Å². The molecule has 1 aromatic carbocycles. The molecule has 2 aliphatic heterocycles. The molecular formula is C24H30F2N4O7. The number of aliphatic carboxylic acids is 2. The van der Waals surface area contributed by atoms with Gasteiger partial charge in [0.1, 0.15) is 17.8 Å². The predicted octanol–water partition coefficient (Wildman–Crippen LogP) is 1.10. The number of carboxylic acids is 2. The van der Waals surface area contributed by atoms with E-state index in [9.17, 15) is 18.4 Å². The number of alkyl halides is 1. The Hall–Kier alpha value is -3.45. The van der Waals surface area contributed by atoms with Crippen molar-refractivity contribution in [3.05, 3.63) is 62.4 Å². The number of halogens is 2. The van der Waals surface area contributed by atoms with Gasteiger partial charge in [0.2, 0.25) is 0 Å². The summed E-state index contributed by atoms with van der Waals surface area (Å²) >= 11 is 0. The van der Waals surface area contributed by atoms with Crippen LogP contribution in [-0.4, -0.2) is 72.1 Å². The first kappa shape index (κ1) is 28.1. The van der Waals surface area contributed by atoms with Crippen molar-refractivity contribution in [1.29, 1.82) is 0 Å². The molecule has 11 nitrogen and oxygen atoms in total. The fraction of sp³-hybridized carbons (Fsp3) is 0.542. The number of nitrogens with zero attached hydrogens (tertiary/aromatic N) is 4. The summed E-state index contributed by atoms with van der Waals surface area (Å²) in [6.07, 6.45) is 2.13.